The van der Waals surface area contributed by atoms with E-state index in [0.717, 1.165) is 41.9 Å². The smallest absolute Gasteiger partial charge is 0.227 e. The number of amides is 1. The first-order chi connectivity index (χ1) is 13.4. The zero-order valence-electron chi connectivity index (χ0n) is 16.9. The number of carbonyl (C=O) groups is 1. The van der Waals surface area contributed by atoms with Crippen LogP contribution in [-0.4, -0.2) is 57.1 Å². The summed E-state index contributed by atoms with van der Waals surface area (Å²) in [6, 6.07) is 9.94. The first kappa shape index (κ1) is 19.2. The molecule has 1 amide bonds. The molecule has 2 heterocycles. The number of carbonyl (C=O) groups excluding carboxylic acids is 1. The highest BCUT2D eigenvalue weighted by Crippen LogP contribution is 2.42. The summed E-state index contributed by atoms with van der Waals surface area (Å²) in [5, 5.41) is 14.8. The predicted octanol–water partition coefficient (Wildman–Crippen LogP) is 2.56. The number of rotatable bonds is 4. The highest BCUT2D eigenvalue weighted by Gasteiger charge is 2.52. The predicted molar refractivity (Wildman–Crippen MR) is 106 cm³/mol. The lowest BCUT2D eigenvalue weighted by Crippen LogP contribution is -2.53. The van der Waals surface area contributed by atoms with E-state index in [1.54, 1.807) is 7.11 Å². The molecule has 0 spiro atoms. The van der Waals surface area contributed by atoms with Gasteiger partial charge in [0.05, 0.1) is 35.5 Å². The van der Waals surface area contributed by atoms with Gasteiger partial charge in [-0.15, -0.1) is 0 Å². The molecule has 1 aliphatic heterocycles. The number of ether oxygens (including phenoxy) is 1. The molecule has 150 valence electrons. The Kier molecular flexibility index (Phi) is 5.02. The molecule has 0 radical (unpaired) electrons. The Morgan fingerprint density at radius 2 is 2.04 bits per heavy atom. The van der Waals surface area contributed by atoms with Gasteiger partial charge < -0.3 is 14.7 Å². The zero-order chi connectivity index (χ0) is 19.9. The van der Waals surface area contributed by atoms with E-state index in [-0.39, 0.29) is 23.7 Å². The second-order valence-corrected chi connectivity index (χ2v) is 8.12. The van der Waals surface area contributed by atoms with E-state index >= 15 is 0 Å². The quantitative estimate of drug-likeness (QED) is 0.881. The van der Waals surface area contributed by atoms with E-state index in [0.29, 0.717) is 19.4 Å². The van der Waals surface area contributed by atoms with Crippen LogP contribution in [0.15, 0.2) is 30.3 Å². The molecule has 2 aromatic rings. The maximum Gasteiger partial charge on any atom is 0.227 e. The van der Waals surface area contributed by atoms with E-state index in [4.69, 9.17) is 4.74 Å². The molecule has 2 fully saturated rings. The molecule has 3 atom stereocenters. The molecule has 1 saturated heterocycles. The van der Waals surface area contributed by atoms with Crippen molar-refractivity contribution in [2.45, 2.75) is 63.7 Å². The van der Waals surface area contributed by atoms with Gasteiger partial charge in [0.2, 0.25) is 5.91 Å². The van der Waals surface area contributed by atoms with Crippen LogP contribution < -0.4 is 0 Å². The number of aromatic nitrogens is 2. The monoisotopic (exact) mass is 383 g/mol. The second kappa shape index (κ2) is 7.33. The molecular formula is C22H29N3O3. The van der Waals surface area contributed by atoms with Gasteiger partial charge in [-0.2, -0.15) is 5.10 Å². The van der Waals surface area contributed by atoms with Crippen LogP contribution in [0.25, 0.3) is 5.69 Å². The first-order valence-corrected chi connectivity index (χ1v) is 10.1. The summed E-state index contributed by atoms with van der Waals surface area (Å²) in [6.45, 7) is 4.67. The number of aliphatic hydroxyl groups excluding tert-OH is 1. The van der Waals surface area contributed by atoms with E-state index in [9.17, 15) is 9.90 Å². The largest absolute Gasteiger partial charge is 0.393 e. The summed E-state index contributed by atoms with van der Waals surface area (Å²) in [5.74, 6) is 0.0943. The van der Waals surface area contributed by atoms with Gasteiger partial charge in [0.15, 0.2) is 0 Å². The molecule has 1 N–H and O–H groups in total. The Morgan fingerprint density at radius 3 is 2.75 bits per heavy atom. The number of likely N-dealkylation sites (tertiary alicyclic amines) is 1. The van der Waals surface area contributed by atoms with Gasteiger partial charge in [-0.25, -0.2) is 4.68 Å². The van der Waals surface area contributed by atoms with Crippen molar-refractivity contribution in [1.82, 2.24) is 14.7 Å². The molecular weight excluding hydrogens is 354 g/mol. The number of aryl methyl sites for hydroxylation is 1. The van der Waals surface area contributed by atoms with Gasteiger partial charge in [-0.3, -0.25) is 4.79 Å². The number of benzene rings is 1. The highest BCUT2D eigenvalue weighted by atomic mass is 16.5. The van der Waals surface area contributed by atoms with Crippen molar-refractivity contribution >= 4 is 5.91 Å². The number of hydrogen-bond donors (Lipinski definition) is 1. The average Bonchev–Trinajstić information content (AvgIpc) is 3.21. The summed E-state index contributed by atoms with van der Waals surface area (Å²) in [5.41, 5.74) is 3.57. The zero-order valence-corrected chi connectivity index (χ0v) is 16.9. The summed E-state index contributed by atoms with van der Waals surface area (Å²) in [4.78, 5) is 15.2. The van der Waals surface area contributed by atoms with Gasteiger partial charge in [-0.05, 0) is 51.7 Å². The topological polar surface area (TPSA) is 67.6 Å². The molecule has 1 saturated carbocycles. The number of hydrogen-bond acceptors (Lipinski definition) is 4. The van der Waals surface area contributed by atoms with Crippen molar-refractivity contribution in [3.8, 4) is 5.69 Å². The van der Waals surface area contributed by atoms with Crippen LogP contribution in [0, 0.1) is 13.8 Å². The van der Waals surface area contributed by atoms with Crippen molar-refractivity contribution in [1.29, 1.82) is 0 Å². The molecule has 0 bridgehead atoms. The Labute approximate surface area is 166 Å². The van der Waals surface area contributed by atoms with Crippen LogP contribution >= 0.6 is 0 Å². The summed E-state index contributed by atoms with van der Waals surface area (Å²) >= 11 is 0. The minimum Gasteiger partial charge on any atom is -0.393 e. The van der Waals surface area contributed by atoms with Crippen LogP contribution in [0.5, 0.6) is 0 Å². The van der Waals surface area contributed by atoms with E-state index < -0.39 is 0 Å². The van der Waals surface area contributed by atoms with Gasteiger partial charge >= 0.3 is 0 Å². The average molecular weight is 383 g/mol. The normalized spacial score (nSPS) is 27.1. The maximum absolute atomic E-state index is 13.2. The van der Waals surface area contributed by atoms with Gasteiger partial charge in [0.25, 0.3) is 0 Å². The molecule has 1 aliphatic carbocycles. The minimum atomic E-state index is -0.356. The lowest BCUT2D eigenvalue weighted by molar-refractivity contribution is -0.139. The molecule has 3 unspecified atom stereocenters. The molecule has 4 rings (SSSR count). The van der Waals surface area contributed by atoms with Crippen molar-refractivity contribution in [2.24, 2.45) is 0 Å². The van der Waals surface area contributed by atoms with E-state index in [2.05, 4.69) is 5.10 Å². The molecule has 1 aromatic carbocycles. The fourth-order valence-corrected chi connectivity index (χ4v) is 4.98. The van der Waals surface area contributed by atoms with E-state index in [1.165, 1.54) is 0 Å². The van der Waals surface area contributed by atoms with Gasteiger partial charge in [0.1, 0.15) is 0 Å². The fraction of sp³-hybridized carbons (Fsp3) is 0.545. The van der Waals surface area contributed by atoms with Crippen LogP contribution in [0.3, 0.4) is 0 Å². The van der Waals surface area contributed by atoms with Gasteiger partial charge in [-0.1, -0.05) is 18.2 Å². The van der Waals surface area contributed by atoms with Crippen LogP contribution in [0.1, 0.15) is 42.6 Å². The Hall–Kier alpha value is -2.18. The summed E-state index contributed by atoms with van der Waals surface area (Å²) < 4.78 is 7.78. The van der Waals surface area contributed by atoms with Crippen molar-refractivity contribution in [3.63, 3.8) is 0 Å². The number of fused-ring (bicyclic) bond motifs is 1. The van der Waals surface area contributed by atoms with Crippen molar-refractivity contribution in [2.75, 3.05) is 13.7 Å². The molecule has 28 heavy (non-hydrogen) atoms. The maximum atomic E-state index is 13.2. The summed E-state index contributed by atoms with van der Waals surface area (Å²) in [7, 11) is 1.73. The van der Waals surface area contributed by atoms with Crippen LogP contribution in [0.4, 0.5) is 0 Å². The Balaban J connectivity index is 1.57. The van der Waals surface area contributed by atoms with Crippen LogP contribution in [0.2, 0.25) is 0 Å². The third kappa shape index (κ3) is 3.14. The number of nitrogens with zero attached hydrogens (tertiary/aromatic N) is 3. The lowest BCUT2D eigenvalue weighted by atomic mass is 9.79. The molecule has 6 heteroatoms. The standard InChI is InChI=1S/C22H29N3O3/c1-15-19(16(2)25(23-15)17-7-5-4-6-8-17)14-21(27)24-12-11-22(28-3)10-9-18(26)13-20(22)24/h4-8,18,20,26H,9-14H2,1-3H3. The number of aliphatic hydroxyl groups is 1. The third-order valence-corrected chi connectivity index (χ3v) is 6.65. The minimum absolute atomic E-state index is 0.0430. The molecule has 6 nitrogen and oxygen atoms in total. The van der Waals surface area contributed by atoms with E-state index in [1.807, 2.05) is 53.8 Å². The summed E-state index contributed by atoms with van der Waals surface area (Å²) in [6.07, 6.45) is 2.97. The lowest BCUT2D eigenvalue weighted by Gasteiger charge is -2.42. The Bertz CT molecular complexity index is 863. The number of para-hydroxylation sites is 1. The fourth-order valence-electron chi connectivity index (χ4n) is 4.98. The third-order valence-electron chi connectivity index (χ3n) is 6.65. The molecule has 2 aliphatic rings. The second-order valence-electron chi connectivity index (χ2n) is 8.12. The van der Waals surface area contributed by atoms with Gasteiger partial charge in [0, 0.05) is 24.9 Å². The Morgan fingerprint density at radius 1 is 1.29 bits per heavy atom. The van der Waals surface area contributed by atoms with Crippen molar-refractivity contribution in [3.05, 3.63) is 47.3 Å². The van der Waals surface area contributed by atoms with Crippen LogP contribution in [-0.2, 0) is 16.0 Å². The van der Waals surface area contributed by atoms with Crippen molar-refractivity contribution < 1.29 is 14.6 Å². The highest BCUT2D eigenvalue weighted by molar-refractivity contribution is 5.80. The molecule has 1 aromatic heterocycles. The first-order valence-electron chi connectivity index (χ1n) is 10.1. The number of methoxy groups -OCH3 is 1. The SMILES string of the molecule is COC12CCC(O)CC1N(C(=O)Cc1c(C)nn(-c3ccccc3)c1C)CC2.